The summed E-state index contributed by atoms with van der Waals surface area (Å²) in [7, 11) is 0. The van der Waals surface area contributed by atoms with Gasteiger partial charge in [-0.25, -0.2) is 9.97 Å². The molecule has 25 heavy (non-hydrogen) atoms. The lowest BCUT2D eigenvalue weighted by molar-refractivity contribution is 0.580. The lowest BCUT2D eigenvalue weighted by atomic mass is 10.2. The number of halogens is 2. The average molecular weight is 352 g/mol. The summed E-state index contributed by atoms with van der Waals surface area (Å²) < 4.78 is 15.4. The van der Waals surface area contributed by atoms with Crippen LogP contribution in [0.15, 0.2) is 72.8 Å². The molecule has 0 atom stereocenters. The molecule has 0 bridgehead atoms. The number of pyridine rings is 1. The summed E-state index contributed by atoms with van der Waals surface area (Å²) in [4.78, 5) is 8.65. The van der Waals surface area contributed by atoms with Crippen LogP contribution in [-0.4, -0.2) is 14.5 Å². The number of imidazole rings is 1. The lowest BCUT2D eigenvalue weighted by Crippen LogP contribution is -2.01. The number of para-hydroxylation sites is 2. The van der Waals surface area contributed by atoms with Gasteiger partial charge in [-0.2, -0.15) is 4.39 Å². The Kier molecular flexibility index (Phi) is 4.91. The molecule has 0 aliphatic heterocycles. The number of aromatic nitrogens is 3. The van der Waals surface area contributed by atoms with Gasteiger partial charge in [0.1, 0.15) is 11.6 Å². The number of fused-ring (bicyclic) bond motifs is 1. The van der Waals surface area contributed by atoms with E-state index in [1.807, 2.05) is 71.3 Å². The third kappa shape index (κ3) is 3.44. The highest BCUT2D eigenvalue weighted by atomic mass is 35.5. The topological polar surface area (TPSA) is 30.7 Å². The van der Waals surface area contributed by atoms with E-state index >= 15 is 0 Å². The van der Waals surface area contributed by atoms with Crippen molar-refractivity contribution in [3.63, 3.8) is 0 Å². The molecule has 2 heterocycles. The Labute approximate surface area is 150 Å². The van der Waals surface area contributed by atoms with Crippen molar-refractivity contribution >= 4 is 35.6 Å². The Balaban J connectivity index is 0.00000182. The van der Waals surface area contributed by atoms with Crippen LogP contribution in [0.1, 0.15) is 11.4 Å². The quantitative estimate of drug-likeness (QED) is 0.478. The van der Waals surface area contributed by atoms with Crippen molar-refractivity contribution in [2.24, 2.45) is 0 Å². The van der Waals surface area contributed by atoms with Gasteiger partial charge in [0.05, 0.1) is 11.0 Å². The van der Waals surface area contributed by atoms with Gasteiger partial charge in [-0.1, -0.05) is 54.6 Å². The molecule has 0 N–H and O–H groups in total. The van der Waals surface area contributed by atoms with Crippen molar-refractivity contribution < 1.29 is 4.39 Å². The molecule has 0 amide bonds. The molecular formula is C20H15ClFN3. The van der Waals surface area contributed by atoms with E-state index in [0.29, 0.717) is 11.6 Å². The van der Waals surface area contributed by atoms with Gasteiger partial charge in [0.15, 0.2) is 0 Å². The van der Waals surface area contributed by atoms with Crippen molar-refractivity contribution in [1.29, 1.82) is 0 Å². The number of benzene rings is 2. The molecule has 2 aromatic heterocycles. The normalized spacial score (nSPS) is 10.9. The Hall–Kier alpha value is -2.98. The van der Waals surface area contributed by atoms with E-state index in [9.17, 15) is 4.39 Å². The summed E-state index contributed by atoms with van der Waals surface area (Å²) in [6.45, 7) is 0. The maximum Gasteiger partial charge on any atom is 0.214 e. The molecule has 0 fully saturated rings. The van der Waals surface area contributed by atoms with Crippen molar-refractivity contribution in [1.82, 2.24) is 14.5 Å². The molecule has 0 saturated carbocycles. The fourth-order valence-electron chi connectivity index (χ4n) is 2.65. The second-order valence-corrected chi connectivity index (χ2v) is 5.36. The van der Waals surface area contributed by atoms with Crippen LogP contribution < -0.4 is 0 Å². The minimum atomic E-state index is -0.511. The fraction of sp³-hybridized carbons (Fsp3) is 0. The summed E-state index contributed by atoms with van der Waals surface area (Å²) in [6, 6.07) is 22.5. The first-order chi connectivity index (χ1) is 11.8. The van der Waals surface area contributed by atoms with Crippen molar-refractivity contribution in [2.45, 2.75) is 0 Å². The molecule has 2 aromatic carbocycles. The molecular weight excluding hydrogens is 337 g/mol. The molecule has 0 saturated heterocycles. The third-order valence-corrected chi connectivity index (χ3v) is 3.74. The minimum absolute atomic E-state index is 0. The van der Waals surface area contributed by atoms with Gasteiger partial charge in [0.2, 0.25) is 5.95 Å². The maximum absolute atomic E-state index is 13.6. The van der Waals surface area contributed by atoms with Crippen LogP contribution in [0.2, 0.25) is 0 Å². The van der Waals surface area contributed by atoms with Gasteiger partial charge in [0, 0.05) is 0 Å². The van der Waals surface area contributed by atoms with Crippen LogP contribution >= 0.6 is 12.4 Å². The second-order valence-electron chi connectivity index (χ2n) is 5.36. The zero-order valence-corrected chi connectivity index (χ0v) is 14.0. The lowest BCUT2D eigenvalue weighted by Gasteiger charge is -2.06. The van der Waals surface area contributed by atoms with E-state index in [1.54, 1.807) is 12.1 Å². The number of hydrogen-bond acceptors (Lipinski definition) is 2. The standard InChI is InChI=1S/C20H14FN3.ClH/c21-18-11-6-12-19(23-18)24-17-10-5-4-9-16(17)22-20(24)14-13-15-7-2-1-3-8-15;/h1-14H;1H/b14-13+;. The van der Waals surface area contributed by atoms with E-state index in [4.69, 9.17) is 0 Å². The Bertz CT molecular complexity index is 1030. The fourth-order valence-corrected chi connectivity index (χ4v) is 2.65. The molecule has 0 aliphatic rings. The average Bonchev–Trinajstić information content (AvgIpc) is 2.99. The first kappa shape index (κ1) is 16.9. The Morgan fingerprint density at radius 3 is 2.32 bits per heavy atom. The summed E-state index contributed by atoms with van der Waals surface area (Å²) in [5.74, 6) is 0.706. The van der Waals surface area contributed by atoms with E-state index in [-0.39, 0.29) is 12.4 Å². The summed E-state index contributed by atoms with van der Waals surface area (Å²) in [6.07, 6.45) is 3.90. The molecule has 124 valence electrons. The van der Waals surface area contributed by atoms with E-state index in [2.05, 4.69) is 9.97 Å². The van der Waals surface area contributed by atoms with Gasteiger partial charge in [0.25, 0.3) is 0 Å². The van der Waals surface area contributed by atoms with E-state index < -0.39 is 5.95 Å². The molecule has 0 aliphatic carbocycles. The van der Waals surface area contributed by atoms with Crippen LogP contribution in [0.5, 0.6) is 0 Å². The summed E-state index contributed by atoms with van der Waals surface area (Å²) in [5.41, 5.74) is 2.81. The smallest absolute Gasteiger partial charge is 0.214 e. The molecule has 3 nitrogen and oxygen atoms in total. The first-order valence-corrected chi connectivity index (χ1v) is 7.65. The predicted molar refractivity (Wildman–Crippen MR) is 101 cm³/mol. The highest BCUT2D eigenvalue weighted by molar-refractivity contribution is 5.85. The number of hydrogen-bond donors (Lipinski definition) is 0. The van der Waals surface area contributed by atoms with Gasteiger partial charge >= 0.3 is 0 Å². The molecule has 5 heteroatoms. The SMILES string of the molecule is Cl.Fc1cccc(-n2c(/C=C/c3ccccc3)nc3ccccc32)n1. The first-order valence-electron chi connectivity index (χ1n) is 7.65. The van der Waals surface area contributed by atoms with Gasteiger partial charge in [-0.05, 0) is 35.9 Å². The Morgan fingerprint density at radius 1 is 0.760 bits per heavy atom. The third-order valence-electron chi connectivity index (χ3n) is 3.74. The van der Waals surface area contributed by atoms with Crippen molar-refractivity contribution in [2.75, 3.05) is 0 Å². The van der Waals surface area contributed by atoms with Gasteiger partial charge in [-0.15, -0.1) is 12.4 Å². The van der Waals surface area contributed by atoms with Crippen LogP contribution in [0.3, 0.4) is 0 Å². The van der Waals surface area contributed by atoms with Crippen LogP contribution in [0.4, 0.5) is 4.39 Å². The molecule has 4 aromatic rings. The maximum atomic E-state index is 13.6. The van der Waals surface area contributed by atoms with Crippen LogP contribution in [0.25, 0.3) is 29.0 Å². The highest BCUT2D eigenvalue weighted by Crippen LogP contribution is 2.22. The van der Waals surface area contributed by atoms with Crippen molar-refractivity contribution in [3.8, 4) is 5.82 Å². The zero-order chi connectivity index (χ0) is 16.4. The number of nitrogens with zero attached hydrogens (tertiary/aromatic N) is 3. The molecule has 0 unspecified atom stereocenters. The summed E-state index contributed by atoms with van der Waals surface area (Å²) in [5, 5.41) is 0. The van der Waals surface area contributed by atoms with E-state index in [0.717, 1.165) is 16.6 Å². The Morgan fingerprint density at radius 2 is 1.52 bits per heavy atom. The monoisotopic (exact) mass is 351 g/mol. The molecule has 0 spiro atoms. The molecule has 0 radical (unpaired) electrons. The predicted octanol–water partition coefficient (Wildman–Crippen LogP) is 5.15. The van der Waals surface area contributed by atoms with Gasteiger partial charge < -0.3 is 0 Å². The zero-order valence-electron chi connectivity index (χ0n) is 13.2. The van der Waals surface area contributed by atoms with E-state index in [1.165, 1.54) is 6.07 Å². The molecule has 4 rings (SSSR count). The van der Waals surface area contributed by atoms with Crippen LogP contribution in [0, 0.1) is 5.95 Å². The highest BCUT2D eigenvalue weighted by Gasteiger charge is 2.11. The number of rotatable bonds is 3. The largest absolute Gasteiger partial charge is 0.277 e. The van der Waals surface area contributed by atoms with Crippen LogP contribution in [-0.2, 0) is 0 Å². The summed E-state index contributed by atoms with van der Waals surface area (Å²) >= 11 is 0. The second kappa shape index (κ2) is 7.28. The van der Waals surface area contributed by atoms with Crippen molar-refractivity contribution in [3.05, 3.63) is 90.1 Å². The minimum Gasteiger partial charge on any atom is -0.277 e. The van der Waals surface area contributed by atoms with Gasteiger partial charge in [-0.3, -0.25) is 4.57 Å².